The second-order valence-electron chi connectivity index (χ2n) is 4.53. The van der Waals surface area contributed by atoms with Gasteiger partial charge in [-0.1, -0.05) is 0 Å². The van der Waals surface area contributed by atoms with E-state index in [4.69, 9.17) is 14.2 Å². The molecule has 1 atom stereocenters. The largest absolute Gasteiger partial charge is 0.493 e. The van der Waals surface area contributed by atoms with E-state index in [0.29, 0.717) is 23.7 Å². The van der Waals surface area contributed by atoms with Crippen LogP contribution in [0.15, 0.2) is 18.2 Å². The number of cyclic esters (lactones) is 1. The summed E-state index contributed by atoms with van der Waals surface area (Å²) in [5, 5.41) is 2.50. The van der Waals surface area contributed by atoms with Crippen molar-refractivity contribution >= 4 is 17.9 Å². The van der Waals surface area contributed by atoms with Gasteiger partial charge in [-0.25, -0.2) is 9.59 Å². The minimum absolute atomic E-state index is 0.183. The summed E-state index contributed by atoms with van der Waals surface area (Å²) < 4.78 is 20.0. The Morgan fingerprint density at radius 2 is 2.05 bits per heavy atom. The van der Waals surface area contributed by atoms with Crippen LogP contribution in [0.2, 0.25) is 0 Å². The Bertz CT molecular complexity index is 562. The van der Waals surface area contributed by atoms with Crippen LogP contribution in [0.25, 0.3) is 0 Å². The SMILES string of the molecule is COC(=O)NCC1CN(c2ccc(OC)c(OC)c2)C(=O)O1. The van der Waals surface area contributed by atoms with Gasteiger partial charge in [-0.15, -0.1) is 0 Å². The fourth-order valence-electron chi connectivity index (χ4n) is 2.10. The van der Waals surface area contributed by atoms with Crippen molar-refractivity contribution in [3.05, 3.63) is 18.2 Å². The summed E-state index contributed by atoms with van der Waals surface area (Å²) >= 11 is 0. The number of ether oxygens (including phenoxy) is 4. The van der Waals surface area contributed by atoms with E-state index < -0.39 is 18.3 Å². The molecule has 8 nitrogen and oxygen atoms in total. The highest BCUT2D eigenvalue weighted by atomic mass is 16.6. The first-order valence-corrected chi connectivity index (χ1v) is 6.61. The van der Waals surface area contributed by atoms with Crippen molar-refractivity contribution in [1.82, 2.24) is 5.32 Å². The molecule has 1 heterocycles. The molecule has 0 aliphatic carbocycles. The van der Waals surface area contributed by atoms with Gasteiger partial charge in [-0.2, -0.15) is 0 Å². The summed E-state index contributed by atoms with van der Waals surface area (Å²) in [7, 11) is 4.33. The number of hydrogen-bond donors (Lipinski definition) is 1. The van der Waals surface area contributed by atoms with E-state index in [2.05, 4.69) is 10.1 Å². The van der Waals surface area contributed by atoms with E-state index in [1.165, 1.54) is 26.2 Å². The third-order valence-corrected chi connectivity index (χ3v) is 3.21. The molecule has 120 valence electrons. The average molecular weight is 310 g/mol. The second kappa shape index (κ2) is 6.88. The molecule has 2 rings (SSSR count). The van der Waals surface area contributed by atoms with Gasteiger partial charge in [0.2, 0.25) is 0 Å². The van der Waals surface area contributed by atoms with Gasteiger partial charge in [-0.3, -0.25) is 4.90 Å². The molecule has 1 unspecified atom stereocenters. The van der Waals surface area contributed by atoms with Gasteiger partial charge in [0.25, 0.3) is 0 Å². The quantitative estimate of drug-likeness (QED) is 0.884. The number of benzene rings is 1. The Morgan fingerprint density at radius 3 is 2.68 bits per heavy atom. The summed E-state index contributed by atoms with van der Waals surface area (Å²) in [6.45, 7) is 0.501. The van der Waals surface area contributed by atoms with Crippen LogP contribution in [-0.4, -0.2) is 52.7 Å². The lowest BCUT2D eigenvalue weighted by Crippen LogP contribution is -2.34. The number of hydrogen-bond acceptors (Lipinski definition) is 6. The highest BCUT2D eigenvalue weighted by molar-refractivity contribution is 5.90. The normalized spacial score (nSPS) is 17.0. The molecular formula is C14H18N2O6. The predicted molar refractivity (Wildman–Crippen MR) is 77.6 cm³/mol. The van der Waals surface area contributed by atoms with Gasteiger partial charge in [-0.05, 0) is 12.1 Å². The van der Waals surface area contributed by atoms with Crippen LogP contribution in [0.3, 0.4) is 0 Å². The number of alkyl carbamates (subject to hydrolysis) is 1. The molecule has 1 aromatic carbocycles. The van der Waals surface area contributed by atoms with Crippen LogP contribution in [0.4, 0.5) is 15.3 Å². The van der Waals surface area contributed by atoms with Crippen molar-refractivity contribution in [3.63, 3.8) is 0 Å². The number of nitrogens with one attached hydrogen (secondary N) is 1. The molecule has 1 aliphatic heterocycles. The third kappa shape index (κ3) is 3.33. The lowest BCUT2D eigenvalue weighted by molar-refractivity contribution is 0.132. The van der Waals surface area contributed by atoms with Crippen LogP contribution in [0.1, 0.15) is 0 Å². The Balaban J connectivity index is 2.06. The van der Waals surface area contributed by atoms with Crippen molar-refractivity contribution in [2.24, 2.45) is 0 Å². The van der Waals surface area contributed by atoms with E-state index in [9.17, 15) is 9.59 Å². The maximum absolute atomic E-state index is 11.9. The average Bonchev–Trinajstić information content (AvgIpc) is 2.92. The maximum atomic E-state index is 11.9. The van der Waals surface area contributed by atoms with E-state index in [0.717, 1.165) is 0 Å². The zero-order chi connectivity index (χ0) is 16.1. The van der Waals surface area contributed by atoms with Crippen LogP contribution in [0.5, 0.6) is 11.5 Å². The summed E-state index contributed by atoms with van der Waals surface area (Å²) in [6.07, 6.45) is -1.50. The number of amides is 2. The molecule has 1 aliphatic rings. The molecule has 0 spiro atoms. The molecule has 22 heavy (non-hydrogen) atoms. The molecule has 1 N–H and O–H groups in total. The fraction of sp³-hybridized carbons (Fsp3) is 0.429. The molecular weight excluding hydrogens is 292 g/mol. The first-order chi connectivity index (χ1) is 10.6. The van der Waals surface area contributed by atoms with Gasteiger partial charge in [0.1, 0.15) is 6.10 Å². The minimum atomic E-state index is -0.569. The Kier molecular flexibility index (Phi) is 4.92. The van der Waals surface area contributed by atoms with Crippen LogP contribution in [0, 0.1) is 0 Å². The van der Waals surface area contributed by atoms with Crippen molar-refractivity contribution in [3.8, 4) is 11.5 Å². The summed E-state index contributed by atoms with van der Waals surface area (Å²) in [5.41, 5.74) is 0.628. The number of carbonyl (C=O) groups excluding carboxylic acids is 2. The zero-order valence-electron chi connectivity index (χ0n) is 12.6. The fourth-order valence-corrected chi connectivity index (χ4v) is 2.10. The Hall–Kier alpha value is -2.64. The summed E-state index contributed by atoms with van der Waals surface area (Å²) in [5.74, 6) is 1.09. The molecule has 1 saturated heterocycles. The third-order valence-electron chi connectivity index (χ3n) is 3.21. The number of anilines is 1. The molecule has 0 radical (unpaired) electrons. The highest BCUT2D eigenvalue weighted by Gasteiger charge is 2.33. The van der Waals surface area contributed by atoms with Gasteiger partial charge in [0, 0.05) is 6.07 Å². The Morgan fingerprint density at radius 1 is 1.32 bits per heavy atom. The number of methoxy groups -OCH3 is 3. The topological polar surface area (TPSA) is 86.3 Å². The molecule has 0 saturated carbocycles. The maximum Gasteiger partial charge on any atom is 0.414 e. The number of carbonyl (C=O) groups is 2. The number of nitrogens with zero attached hydrogens (tertiary/aromatic N) is 1. The standard InChI is InChI=1S/C14H18N2O6/c1-19-11-5-4-9(6-12(11)20-2)16-8-10(22-14(16)18)7-15-13(17)21-3/h4-6,10H,7-8H2,1-3H3,(H,15,17). The minimum Gasteiger partial charge on any atom is -0.493 e. The Labute approximate surface area is 127 Å². The lowest BCUT2D eigenvalue weighted by Gasteiger charge is -2.15. The van der Waals surface area contributed by atoms with Gasteiger partial charge >= 0.3 is 12.2 Å². The second-order valence-corrected chi connectivity index (χ2v) is 4.53. The molecule has 0 bridgehead atoms. The van der Waals surface area contributed by atoms with Crippen LogP contribution >= 0.6 is 0 Å². The molecule has 1 aromatic rings. The van der Waals surface area contributed by atoms with Crippen molar-refractivity contribution in [1.29, 1.82) is 0 Å². The molecule has 1 fully saturated rings. The van der Waals surface area contributed by atoms with Crippen LogP contribution in [-0.2, 0) is 9.47 Å². The van der Waals surface area contributed by atoms with Crippen molar-refractivity contribution in [2.45, 2.75) is 6.10 Å². The lowest BCUT2D eigenvalue weighted by atomic mass is 10.2. The first kappa shape index (κ1) is 15.7. The molecule has 2 amide bonds. The van der Waals surface area contributed by atoms with Crippen molar-refractivity contribution in [2.75, 3.05) is 39.3 Å². The molecule has 0 aromatic heterocycles. The number of rotatable bonds is 5. The van der Waals surface area contributed by atoms with Crippen molar-refractivity contribution < 1.29 is 28.5 Å². The van der Waals surface area contributed by atoms with Crippen LogP contribution < -0.4 is 19.7 Å². The monoisotopic (exact) mass is 310 g/mol. The van der Waals surface area contributed by atoms with Gasteiger partial charge in [0.05, 0.1) is 40.1 Å². The summed E-state index contributed by atoms with van der Waals surface area (Å²) in [6, 6.07) is 5.14. The predicted octanol–water partition coefficient (Wildman–Crippen LogP) is 1.38. The van der Waals surface area contributed by atoms with E-state index >= 15 is 0 Å². The van der Waals surface area contributed by atoms with E-state index in [-0.39, 0.29) is 6.54 Å². The van der Waals surface area contributed by atoms with E-state index in [1.54, 1.807) is 18.2 Å². The molecule has 8 heteroatoms. The summed E-state index contributed by atoms with van der Waals surface area (Å²) in [4.78, 5) is 24.4. The van der Waals surface area contributed by atoms with Gasteiger partial charge < -0.3 is 24.3 Å². The smallest absolute Gasteiger partial charge is 0.414 e. The first-order valence-electron chi connectivity index (χ1n) is 6.61. The van der Waals surface area contributed by atoms with E-state index in [1.807, 2.05) is 0 Å². The van der Waals surface area contributed by atoms with Gasteiger partial charge in [0.15, 0.2) is 11.5 Å². The highest BCUT2D eigenvalue weighted by Crippen LogP contribution is 2.33. The zero-order valence-corrected chi connectivity index (χ0v) is 12.6.